The molecule has 2 aromatic rings. The van der Waals surface area contributed by atoms with Crippen LogP contribution in [0.1, 0.15) is 61.1 Å². The minimum atomic E-state index is -0.520. The summed E-state index contributed by atoms with van der Waals surface area (Å²) in [6, 6.07) is 6.53. The summed E-state index contributed by atoms with van der Waals surface area (Å²) in [5.74, 6) is 1.93. The number of carbonyl (C=O) groups is 1. The highest BCUT2D eigenvalue weighted by Crippen LogP contribution is 2.25. The van der Waals surface area contributed by atoms with Crippen molar-refractivity contribution >= 4 is 29.1 Å². The molecule has 166 valence electrons. The van der Waals surface area contributed by atoms with E-state index < -0.39 is 5.82 Å². The second kappa shape index (κ2) is 9.81. The zero-order valence-electron chi connectivity index (χ0n) is 17.8. The minimum absolute atomic E-state index is 0.0374. The van der Waals surface area contributed by atoms with Crippen molar-refractivity contribution in [1.29, 1.82) is 0 Å². The first-order valence-corrected chi connectivity index (χ1v) is 11.5. The van der Waals surface area contributed by atoms with Gasteiger partial charge < -0.3 is 15.5 Å². The third-order valence-electron chi connectivity index (χ3n) is 6.10. The summed E-state index contributed by atoms with van der Waals surface area (Å²) in [4.78, 5) is 24.0. The Morgan fingerprint density at radius 2 is 1.77 bits per heavy atom. The first-order chi connectivity index (χ1) is 15.0. The quantitative estimate of drug-likeness (QED) is 0.696. The minimum Gasteiger partial charge on any atom is -0.367 e. The Labute approximate surface area is 187 Å². The van der Waals surface area contributed by atoms with E-state index in [9.17, 15) is 9.18 Å². The van der Waals surface area contributed by atoms with E-state index in [2.05, 4.69) is 31.6 Å². The van der Waals surface area contributed by atoms with E-state index in [0.29, 0.717) is 11.6 Å². The number of hydrogen-bond acceptors (Lipinski definition) is 5. The van der Waals surface area contributed by atoms with Crippen molar-refractivity contribution in [3.05, 3.63) is 46.5 Å². The number of carbonyl (C=O) groups excluding carboxylic acids is 1. The van der Waals surface area contributed by atoms with Gasteiger partial charge in [0.25, 0.3) is 5.91 Å². The number of benzene rings is 1. The summed E-state index contributed by atoms with van der Waals surface area (Å²) >= 11 is 5.79. The van der Waals surface area contributed by atoms with Crippen molar-refractivity contribution in [2.24, 2.45) is 0 Å². The Morgan fingerprint density at radius 3 is 2.48 bits per heavy atom. The maximum absolute atomic E-state index is 13.3. The summed E-state index contributed by atoms with van der Waals surface area (Å²) in [7, 11) is 0. The van der Waals surface area contributed by atoms with Crippen molar-refractivity contribution in [3.8, 4) is 0 Å². The van der Waals surface area contributed by atoms with Crippen molar-refractivity contribution in [3.63, 3.8) is 0 Å². The fraction of sp³-hybridized carbons (Fsp3) is 0.522. The van der Waals surface area contributed by atoms with Crippen LogP contribution in [0.4, 0.5) is 16.0 Å². The van der Waals surface area contributed by atoms with Crippen LogP contribution in [-0.4, -0.2) is 41.0 Å². The predicted molar refractivity (Wildman–Crippen MR) is 121 cm³/mol. The van der Waals surface area contributed by atoms with E-state index in [4.69, 9.17) is 11.6 Å². The number of nitrogens with one attached hydrogen (secondary N) is 2. The molecule has 2 N–H and O–H groups in total. The third-order valence-corrected chi connectivity index (χ3v) is 6.39. The topological polar surface area (TPSA) is 70.2 Å². The van der Waals surface area contributed by atoms with Gasteiger partial charge in [0.2, 0.25) is 0 Å². The van der Waals surface area contributed by atoms with Gasteiger partial charge in [0.05, 0.1) is 5.02 Å². The smallest absolute Gasteiger partial charge is 0.251 e. The Morgan fingerprint density at radius 1 is 1.06 bits per heavy atom. The molecule has 31 heavy (non-hydrogen) atoms. The lowest BCUT2D eigenvalue weighted by atomic mass is 9.91. The average molecular weight is 446 g/mol. The molecule has 4 rings (SSSR count). The van der Waals surface area contributed by atoms with E-state index in [0.717, 1.165) is 56.2 Å². The van der Waals surface area contributed by atoms with Crippen molar-refractivity contribution < 1.29 is 9.18 Å². The normalized spacial score (nSPS) is 21.6. The third kappa shape index (κ3) is 5.64. The van der Waals surface area contributed by atoms with Crippen LogP contribution in [0.3, 0.4) is 0 Å². The number of hydrogen-bond donors (Lipinski definition) is 2. The maximum atomic E-state index is 13.3. The van der Waals surface area contributed by atoms with Crippen molar-refractivity contribution in [2.45, 2.75) is 64.0 Å². The highest BCUT2D eigenvalue weighted by atomic mass is 35.5. The van der Waals surface area contributed by atoms with Crippen molar-refractivity contribution in [1.82, 2.24) is 15.3 Å². The molecule has 0 unspecified atom stereocenters. The SMILES string of the molecule is Cc1nc(NC2CCC(NC(=O)c3ccc(F)c(Cl)c3)CC2)cc(N2CCCCC2)n1. The molecule has 8 heteroatoms. The number of anilines is 2. The van der Waals surface area contributed by atoms with Gasteiger partial charge in [-0.2, -0.15) is 0 Å². The fourth-order valence-corrected chi connectivity index (χ4v) is 4.59. The number of nitrogens with zero attached hydrogens (tertiary/aromatic N) is 3. The molecule has 1 aliphatic carbocycles. The molecule has 6 nitrogen and oxygen atoms in total. The Balaban J connectivity index is 1.30. The molecule has 1 amide bonds. The number of aryl methyl sites for hydroxylation is 1. The molecule has 1 saturated carbocycles. The van der Waals surface area contributed by atoms with Crippen LogP contribution in [0, 0.1) is 12.7 Å². The second-order valence-electron chi connectivity index (χ2n) is 8.50. The molecule has 0 radical (unpaired) electrons. The van der Waals surface area contributed by atoms with Gasteiger partial charge in [-0.3, -0.25) is 4.79 Å². The van der Waals surface area contributed by atoms with Gasteiger partial charge >= 0.3 is 0 Å². The molecule has 1 aromatic heterocycles. The van der Waals surface area contributed by atoms with Crippen LogP contribution in [0.5, 0.6) is 0 Å². The van der Waals surface area contributed by atoms with E-state index in [1.807, 2.05) is 6.92 Å². The Bertz CT molecular complexity index is 926. The van der Waals surface area contributed by atoms with E-state index in [1.165, 1.54) is 37.5 Å². The number of amides is 1. The highest BCUT2D eigenvalue weighted by Gasteiger charge is 2.24. The van der Waals surface area contributed by atoms with E-state index >= 15 is 0 Å². The number of piperidine rings is 1. The summed E-state index contributed by atoms with van der Waals surface area (Å²) in [5, 5.41) is 6.58. The summed E-state index contributed by atoms with van der Waals surface area (Å²) in [5.41, 5.74) is 0.383. The zero-order chi connectivity index (χ0) is 21.8. The molecule has 1 saturated heterocycles. The second-order valence-corrected chi connectivity index (χ2v) is 8.91. The summed E-state index contributed by atoms with van der Waals surface area (Å²) in [6.45, 7) is 4.05. The molecule has 2 fully saturated rings. The molecule has 0 spiro atoms. The van der Waals surface area contributed by atoms with E-state index in [1.54, 1.807) is 0 Å². The highest BCUT2D eigenvalue weighted by molar-refractivity contribution is 6.31. The average Bonchev–Trinajstić information content (AvgIpc) is 2.77. The van der Waals surface area contributed by atoms with Gasteiger partial charge in [0, 0.05) is 36.8 Å². The van der Waals surface area contributed by atoms with Crippen LogP contribution in [0.2, 0.25) is 5.02 Å². The van der Waals surface area contributed by atoms with Gasteiger partial charge in [-0.25, -0.2) is 14.4 Å². The lowest BCUT2D eigenvalue weighted by molar-refractivity contribution is 0.0926. The largest absolute Gasteiger partial charge is 0.367 e. The predicted octanol–water partition coefficient (Wildman–Crippen LogP) is 4.72. The van der Waals surface area contributed by atoms with Crippen LogP contribution >= 0.6 is 11.6 Å². The lowest BCUT2D eigenvalue weighted by Crippen LogP contribution is -2.40. The van der Waals surface area contributed by atoms with Crippen LogP contribution in [0.25, 0.3) is 0 Å². The number of aromatic nitrogens is 2. The first kappa shape index (κ1) is 21.8. The van der Waals surface area contributed by atoms with Crippen LogP contribution in [0.15, 0.2) is 24.3 Å². The van der Waals surface area contributed by atoms with Crippen molar-refractivity contribution in [2.75, 3.05) is 23.3 Å². The molecular weight excluding hydrogens is 417 g/mol. The van der Waals surface area contributed by atoms with Crippen LogP contribution < -0.4 is 15.5 Å². The monoisotopic (exact) mass is 445 g/mol. The summed E-state index contributed by atoms with van der Waals surface area (Å²) < 4.78 is 13.3. The van der Waals surface area contributed by atoms with Gasteiger partial charge in [-0.05, 0) is 70.1 Å². The van der Waals surface area contributed by atoms with Gasteiger partial charge in [-0.15, -0.1) is 0 Å². The van der Waals surface area contributed by atoms with Gasteiger partial charge in [0.1, 0.15) is 23.3 Å². The molecular formula is C23H29ClFN5O. The molecule has 0 bridgehead atoms. The number of rotatable bonds is 5. The van der Waals surface area contributed by atoms with Crippen LogP contribution in [-0.2, 0) is 0 Å². The fourth-order valence-electron chi connectivity index (χ4n) is 4.41. The molecule has 2 heterocycles. The van der Waals surface area contributed by atoms with Gasteiger partial charge in [0.15, 0.2) is 0 Å². The molecule has 1 aromatic carbocycles. The standard InChI is InChI=1S/C23H29ClFN5O/c1-15-26-21(14-22(27-15)30-11-3-2-4-12-30)28-17-6-8-18(9-7-17)29-23(31)16-5-10-20(25)19(24)13-16/h5,10,13-14,17-18H,2-4,6-9,11-12H2,1H3,(H,29,31)(H,26,27,28). The van der Waals surface area contributed by atoms with E-state index in [-0.39, 0.29) is 17.0 Å². The number of halogens is 2. The Hall–Kier alpha value is -2.41. The Kier molecular flexibility index (Phi) is 6.90. The lowest BCUT2D eigenvalue weighted by Gasteiger charge is -2.31. The molecule has 2 aliphatic rings. The first-order valence-electron chi connectivity index (χ1n) is 11.1. The summed E-state index contributed by atoms with van der Waals surface area (Å²) in [6.07, 6.45) is 7.36. The maximum Gasteiger partial charge on any atom is 0.251 e. The zero-order valence-corrected chi connectivity index (χ0v) is 18.6. The molecule has 1 aliphatic heterocycles. The van der Waals surface area contributed by atoms with Gasteiger partial charge in [-0.1, -0.05) is 11.6 Å². The molecule has 0 atom stereocenters.